The Morgan fingerprint density at radius 1 is 1.45 bits per heavy atom. The van der Waals surface area contributed by atoms with Crippen molar-refractivity contribution in [3.63, 3.8) is 0 Å². The third kappa shape index (κ3) is 3.80. The van der Waals surface area contributed by atoms with Crippen LogP contribution in [-0.2, 0) is 11.8 Å². The van der Waals surface area contributed by atoms with Crippen LogP contribution in [0.15, 0.2) is 6.07 Å². The normalized spacial score (nSPS) is 23.8. The molecule has 1 aliphatic rings. The number of nitrogens with one attached hydrogen (secondary N) is 1. The Kier molecular flexibility index (Phi) is 4.77. The van der Waals surface area contributed by atoms with Gasteiger partial charge in [0.15, 0.2) is 0 Å². The van der Waals surface area contributed by atoms with Crippen LogP contribution < -0.4 is 5.32 Å². The van der Waals surface area contributed by atoms with Crippen LogP contribution in [0.1, 0.15) is 30.0 Å². The Morgan fingerprint density at radius 3 is 2.65 bits per heavy atom. The molecule has 1 N–H and O–H groups in total. The van der Waals surface area contributed by atoms with Gasteiger partial charge < -0.3 is 10.1 Å². The lowest BCUT2D eigenvalue weighted by Crippen LogP contribution is -2.47. The van der Waals surface area contributed by atoms with E-state index in [1.54, 1.807) is 17.8 Å². The van der Waals surface area contributed by atoms with Gasteiger partial charge >= 0.3 is 0 Å². The van der Waals surface area contributed by atoms with Gasteiger partial charge in [-0.25, -0.2) is 0 Å². The monoisotopic (exact) mass is 280 g/mol. The standard InChI is InChI=1S/C14H24N4O2/c1-10-7-13(17(4)16-10)14(19)15-5-6-18-8-11(2)20-12(3)9-18/h7,11-12H,5-6,8-9H2,1-4H3,(H,15,19)/t11-,12-/m0/s1. The van der Waals surface area contributed by atoms with Gasteiger partial charge in [-0.1, -0.05) is 0 Å². The van der Waals surface area contributed by atoms with E-state index in [0.717, 1.165) is 25.3 Å². The van der Waals surface area contributed by atoms with Crippen molar-refractivity contribution in [1.29, 1.82) is 0 Å². The highest BCUT2D eigenvalue weighted by atomic mass is 16.5. The van der Waals surface area contributed by atoms with Crippen molar-refractivity contribution in [1.82, 2.24) is 20.0 Å². The minimum atomic E-state index is -0.0672. The first-order valence-electron chi connectivity index (χ1n) is 7.12. The molecule has 0 radical (unpaired) electrons. The molecule has 0 aromatic carbocycles. The van der Waals surface area contributed by atoms with Crippen LogP contribution in [0.2, 0.25) is 0 Å². The molecule has 0 aliphatic carbocycles. The molecule has 6 heteroatoms. The second kappa shape index (κ2) is 6.37. The zero-order chi connectivity index (χ0) is 14.7. The quantitative estimate of drug-likeness (QED) is 0.876. The average Bonchev–Trinajstić information content (AvgIpc) is 2.67. The van der Waals surface area contributed by atoms with Gasteiger partial charge in [0.05, 0.1) is 17.9 Å². The van der Waals surface area contributed by atoms with Crippen molar-refractivity contribution < 1.29 is 9.53 Å². The highest BCUT2D eigenvalue weighted by Crippen LogP contribution is 2.09. The molecule has 6 nitrogen and oxygen atoms in total. The van der Waals surface area contributed by atoms with Gasteiger partial charge in [0.2, 0.25) is 0 Å². The lowest BCUT2D eigenvalue weighted by Gasteiger charge is -2.35. The fraction of sp³-hybridized carbons (Fsp3) is 0.714. The van der Waals surface area contributed by atoms with E-state index >= 15 is 0 Å². The lowest BCUT2D eigenvalue weighted by molar-refractivity contribution is -0.0672. The van der Waals surface area contributed by atoms with Gasteiger partial charge in [-0.15, -0.1) is 0 Å². The van der Waals surface area contributed by atoms with Crippen molar-refractivity contribution in [3.05, 3.63) is 17.5 Å². The molecule has 20 heavy (non-hydrogen) atoms. The number of hydrogen-bond acceptors (Lipinski definition) is 4. The van der Waals surface area contributed by atoms with Crippen molar-refractivity contribution in [2.75, 3.05) is 26.2 Å². The first kappa shape index (κ1) is 15.0. The lowest BCUT2D eigenvalue weighted by atomic mass is 10.2. The third-order valence-electron chi connectivity index (χ3n) is 3.44. The van der Waals surface area contributed by atoms with Gasteiger partial charge in [-0.05, 0) is 26.8 Å². The van der Waals surface area contributed by atoms with Gasteiger partial charge in [0.1, 0.15) is 5.69 Å². The van der Waals surface area contributed by atoms with E-state index in [2.05, 4.69) is 29.2 Å². The predicted molar refractivity (Wildman–Crippen MR) is 76.7 cm³/mol. The Labute approximate surface area is 120 Å². The van der Waals surface area contributed by atoms with E-state index in [9.17, 15) is 4.79 Å². The molecule has 0 unspecified atom stereocenters. The number of hydrogen-bond donors (Lipinski definition) is 1. The molecule has 2 heterocycles. The number of aryl methyl sites for hydroxylation is 2. The fourth-order valence-electron chi connectivity index (χ4n) is 2.71. The van der Waals surface area contributed by atoms with Gasteiger partial charge in [0.25, 0.3) is 5.91 Å². The number of carbonyl (C=O) groups excluding carboxylic acids is 1. The van der Waals surface area contributed by atoms with E-state index in [-0.39, 0.29) is 18.1 Å². The summed E-state index contributed by atoms with van der Waals surface area (Å²) in [6, 6.07) is 1.80. The molecule has 1 aliphatic heterocycles. The van der Waals surface area contributed by atoms with Gasteiger partial charge in [0, 0.05) is 33.2 Å². The molecule has 2 atom stereocenters. The number of nitrogens with zero attached hydrogens (tertiary/aromatic N) is 3. The second-order valence-electron chi connectivity index (χ2n) is 5.57. The van der Waals surface area contributed by atoms with Crippen molar-refractivity contribution in [2.24, 2.45) is 7.05 Å². The Balaban J connectivity index is 1.78. The van der Waals surface area contributed by atoms with Crippen molar-refractivity contribution in [2.45, 2.75) is 33.0 Å². The highest BCUT2D eigenvalue weighted by Gasteiger charge is 2.21. The number of rotatable bonds is 4. The third-order valence-corrected chi connectivity index (χ3v) is 3.44. The van der Waals surface area contributed by atoms with Crippen LogP contribution in [0.25, 0.3) is 0 Å². The highest BCUT2D eigenvalue weighted by molar-refractivity contribution is 5.92. The summed E-state index contributed by atoms with van der Waals surface area (Å²) >= 11 is 0. The summed E-state index contributed by atoms with van der Waals surface area (Å²) in [7, 11) is 1.78. The summed E-state index contributed by atoms with van der Waals surface area (Å²) < 4.78 is 7.31. The molecule has 2 rings (SSSR count). The SMILES string of the molecule is Cc1cc(C(=O)NCCN2C[C@H](C)O[C@@H](C)C2)n(C)n1. The van der Waals surface area contributed by atoms with E-state index in [4.69, 9.17) is 4.74 Å². The Bertz CT molecular complexity index is 462. The summed E-state index contributed by atoms with van der Waals surface area (Å²) in [6.45, 7) is 9.38. The first-order chi connectivity index (χ1) is 9.45. The average molecular weight is 280 g/mol. The number of carbonyl (C=O) groups is 1. The molecular weight excluding hydrogens is 256 g/mol. The largest absolute Gasteiger partial charge is 0.373 e. The molecule has 112 valence electrons. The van der Waals surface area contributed by atoms with Crippen LogP contribution in [0, 0.1) is 6.92 Å². The number of amides is 1. The fourth-order valence-corrected chi connectivity index (χ4v) is 2.71. The molecule has 1 fully saturated rings. The maximum Gasteiger partial charge on any atom is 0.269 e. The molecule has 1 amide bonds. The molecule has 1 aromatic heterocycles. The van der Waals surface area contributed by atoms with Crippen LogP contribution in [-0.4, -0.2) is 59.0 Å². The summed E-state index contributed by atoms with van der Waals surface area (Å²) in [6.07, 6.45) is 0.517. The van der Waals surface area contributed by atoms with E-state index < -0.39 is 0 Å². The van der Waals surface area contributed by atoms with Crippen LogP contribution in [0.4, 0.5) is 0 Å². The van der Waals surface area contributed by atoms with Crippen LogP contribution in [0.5, 0.6) is 0 Å². The van der Waals surface area contributed by atoms with Crippen molar-refractivity contribution >= 4 is 5.91 Å². The number of aromatic nitrogens is 2. The molecule has 1 saturated heterocycles. The maximum absolute atomic E-state index is 12.0. The zero-order valence-electron chi connectivity index (χ0n) is 12.7. The second-order valence-corrected chi connectivity index (χ2v) is 5.57. The van der Waals surface area contributed by atoms with E-state index in [1.807, 2.05) is 6.92 Å². The summed E-state index contributed by atoms with van der Waals surface area (Å²) in [5.41, 5.74) is 1.46. The first-order valence-corrected chi connectivity index (χ1v) is 7.12. The molecule has 1 aromatic rings. The van der Waals surface area contributed by atoms with Crippen molar-refractivity contribution in [3.8, 4) is 0 Å². The number of ether oxygens (including phenoxy) is 1. The molecule has 0 bridgehead atoms. The smallest absolute Gasteiger partial charge is 0.269 e. The molecule has 0 saturated carbocycles. The van der Waals surface area contributed by atoms with Gasteiger partial charge in [-0.2, -0.15) is 5.10 Å². The summed E-state index contributed by atoms with van der Waals surface area (Å²) in [5, 5.41) is 7.13. The minimum absolute atomic E-state index is 0.0672. The van der Waals surface area contributed by atoms with E-state index in [0.29, 0.717) is 12.2 Å². The minimum Gasteiger partial charge on any atom is -0.373 e. The zero-order valence-corrected chi connectivity index (χ0v) is 12.7. The summed E-state index contributed by atoms with van der Waals surface area (Å²) in [4.78, 5) is 14.4. The molecule has 0 spiro atoms. The van der Waals surface area contributed by atoms with Crippen LogP contribution >= 0.6 is 0 Å². The Hall–Kier alpha value is -1.40. The number of morpholine rings is 1. The maximum atomic E-state index is 12.0. The van der Waals surface area contributed by atoms with E-state index in [1.165, 1.54) is 0 Å². The predicted octanol–water partition coefficient (Wildman–Crippen LogP) is 0.568. The summed E-state index contributed by atoms with van der Waals surface area (Å²) in [5.74, 6) is -0.0672. The molecular formula is C14H24N4O2. The topological polar surface area (TPSA) is 59.4 Å². The van der Waals surface area contributed by atoms with Crippen LogP contribution in [0.3, 0.4) is 0 Å². The van der Waals surface area contributed by atoms with Gasteiger partial charge in [-0.3, -0.25) is 14.4 Å². The Morgan fingerprint density at radius 2 is 2.10 bits per heavy atom.